The summed E-state index contributed by atoms with van der Waals surface area (Å²) < 4.78 is 41.2. The van der Waals surface area contributed by atoms with E-state index >= 15 is 0 Å². The second kappa shape index (κ2) is 5.40. The highest BCUT2D eigenvalue weighted by Crippen LogP contribution is 2.43. The van der Waals surface area contributed by atoms with Crippen LogP contribution in [-0.2, 0) is 6.18 Å². The Morgan fingerprint density at radius 2 is 2.05 bits per heavy atom. The first kappa shape index (κ1) is 15.6. The minimum absolute atomic E-state index is 0.00361. The van der Waals surface area contributed by atoms with Crippen molar-refractivity contribution in [1.82, 2.24) is 9.32 Å². The number of carbonyl (C=O) groups excluding carboxylic acids is 1. The zero-order valence-electron chi connectivity index (χ0n) is 11.5. The van der Waals surface area contributed by atoms with E-state index in [4.69, 9.17) is 16.9 Å². The van der Waals surface area contributed by atoms with Gasteiger partial charge < -0.3 is 10.0 Å². The summed E-state index contributed by atoms with van der Waals surface area (Å²) >= 11 is 6.01. The lowest BCUT2D eigenvalue weighted by Crippen LogP contribution is -2.49. The largest absolute Gasteiger partial charge is 0.417 e. The highest BCUT2D eigenvalue weighted by atomic mass is 35.5. The van der Waals surface area contributed by atoms with E-state index in [-0.39, 0.29) is 30.7 Å². The molecule has 2 aliphatic rings. The van der Waals surface area contributed by atoms with E-state index in [0.717, 1.165) is 6.07 Å². The van der Waals surface area contributed by atoms with E-state index in [1.807, 2.05) is 0 Å². The van der Waals surface area contributed by atoms with Crippen LogP contribution < -0.4 is 0 Å². The first-order valence-corrected chi connectivity index (χ1v) is 7.21. The van der Waals surface area contributed by atoms with Crippen molar-refractivity contribution >= 4 is 17.7 Å². The fraction of sp³-hybridized carbons (Fsp3) is 0.500. The highest BCUT2D eigenvalue weighted by Gasteiger charge is 2.48. The Bertz CT molecular complexity index is 608. The third-order valence-electron chi connectivity index (χ3n) is 4.26. The van der Waals surface area contributed by atoms with Crippen LogP contribution in [0.1, 0.15) is 27.4 Å². The molecule has 0 spiro atoms. The average molecular weight is 335 g/mol. The minimum Gasteiger partial charge on any atom is -0.395 e. The predicted molar refractivity (Wildman–Crippen MR) is 73.5 cm³/mol. The van der Waals surface area contributed by atoms with Gasteiger partial charge in [-0.2, -0.15) is 13.2 Å². The number of benzene rings is 1. The molecule has 0 saturated carbocycles. The molecule has 1 saturated heterocycles. The summed E-state index contributed by atoms with van der Waals surface area (Å²) in [6, 6.07) is 3.49. The maximum absolute atomic E-state index is 13.2. The van der Waals surface area contributed by atoms with Gasteiger partial charge in [-0.05, 0) is 23.4 Å². The lowest BCUT2D eigenvalue weighted by molar-refractivity contribution is -0.138. The van der Waals surface area contributed by atoms with Gasteiger partial charge in [-0.3, -0.25) is 4.79 Å². The average Bonchev–Trinajstić information content (AvgIpc) is 2.83. The smallest absolute Gasteiger partial charge is 0.395 e. The number of alkyl halides is 3. The summed E-state index contributed by atoms with van der Waals surface area (Å²) in [6.45, 7) is 0.431. The fourth-order valence-electron chi connectivity index (χ4n) is 3.38. The standard InChI is InChI=1S/C14H14ClF3N2O2/c15-19-6-9-8-2-1-3-10(14(16,17)18)12(8)13(22)20(4-5-21)11(9)7-19/h1-3,9,11,21H,4-7H2/t9-,11+/m1/s1. The molecule has 22 heavy (non-hydrogen) atoms. The van der Waals surface area contributed by atoms with Crippen molar-refractivity contribution in [2.45, 2.75) is 18.1 Å². The van der Waals surface area contributed by atoms with Gasteiger partial charge >= 0.3 is 6.18 Å². The molecule has 0 aliphatic carbocycles. The molecule has 2 atom stereocenters. The first-order chi connectivity index (χ1) is 10.3. The van der Waals surface area contributed by atoms with Gasteiger partial charge in [0.2, 0.25) is 0 Å². The molecule has 2 aliphatic heterocycles. The summed E-state index contributed by atoms with van der Waals surface area (Å²) in [6.07, 6.45) is -4.60. The number of amides is 1. The number of carbonyl (C=O) groups is 1. The van der Waals surface area contributed by atoms with E-state index < -0.39 is 17.6 Å². The summed E-state index contributed by atoms with van der Waals surface area (Å²) in [5.41, 5.74) is -0.844. The van der Waals surface area contributed by atoms with Crippen molar-refractivity contribution in [2.24, 2.45) is 0 Å². The molecule has 0 unspecified atom stereocenters. The van der Waals surface area contributed by atoms with Crippen molar-refractivity contribution in [2.75, 3.05) is 26.2 Å². The second-order valence-corrected chi connectivity index (χ2v) is 5.97. The van der Waals surface area contributed by atoms with Gasteiger partial charge in [-0.15, -0.1) is 0 Å². The van der Waals surface area contributed by atoms with Crippen molar-refractivity contribution in [1.29, 1.82) is 0 Å². The molecule has 3 rings (SSSR count). The quantitative estimate of drug-likeness (QED) is 0.842. The highest BCUT2D eigenvalue weighted by molar-refractivity contribution is 6.13. The number of hydrogen-bond donors (Lipinski definition) is 1. The van der Waals surface area contributed by atoms with Crippen LogP contribution in [0.4, 0.5) is 13.2 Å². The Morgan fingerprint density at radius 3 is 2.68 bits per heavy atom. The normalized spacial score (nSPS) is 25.3. The van der Waals surface area contributed by atoms with E-state index in [1.165, 1.54) is 15.4 Å². The van der Waals surface area contributed by atoms with Gasteiger partial charge in [0.15, 0.2) is 0 Å². The van der Waals surface area contributed by atoms with Crippen molar-refractivity contribution < 1.29 is 23.1 Å². The minimum atomic E-state index is -4.60. The van der Waals surface area contributed by atoms with Gasteiger partial charge in [-0.1, -0.05) is 12.1 Å². The Balaban J connectivity index is 2.16. The van der Waals surface area contributed by atoms with Crippen molar-refractivity contribution in [3.8, 4) is 0 Å². The molecule has 0 aromatic heterocycles. The summed E-state index contributed by atoms with van der Waals surface area (Å²) in [7, 11) is 0. The number of aliphatic hydroxyl groups excluding tert-OH is 1. The van der Waals surface area contributed by atoms with E-state index in [2.05, 4.69) is 0 Å². The Morgan fingerprint density at radius 1 is 1.32 bits per heavy atom. The van der Waals surface area contributed by atoms with Gasteiger partial charge in [0, 0.05) is 25.6 Å². The van der Waals surface area contributed by atoms with Gasteiger partial charge in [-0.25, -0.2) is 4.42 Å². The molecule has 120 valence electrons. The fourth-order valence-corrected chi connectivity index (χ4v) is 3.67. The Labute approximate surface area is 130 Å². The van der Waals surface area contributed by atoms with Crippen LogP contribution in [0.3, 0.4) is 0 Å². The molecule has 0 bridgehead atoms. The monoisotopic (exact) mass is 334 g/mol. The van der Waals surface area contributed by atoms with Crippen LogP contribution in [0.15, 0.2) is 18.2 Å². The van der Waals surface area contributed by atoms with Gasteiger partial charge in [0.25, 0.3) is 5.91 Å². The SMILES string of the molecule is O=C1c2c(cccc2C(F)(F)F)[C@H]2CN(Cl)C[C@@H]2N1CCO. The molecule has 1 N–H and O–H groups in total. The maximum Gasteiger partial charge on any atom is 0.417 e. The molecule has 1 amide bonds. The van der Waals surface area contributed by atoms with Crippen molar-refractivity contribution in [3.05, 3.63) is 34.9 Å². The molecule has 8 heteroatoms. The number of rotatable bonds is 2. The molecule has 1 aromatic carbocycles. The number of β-amino-alcohol motifs (C(OH)–C–C–N with tert-alkyl or cyclic N) is 1. The second-order valence-electron chi connectivity index (χ2n) is 5.49. The molecule has 1 aromatic rings. The number of fused-ring (bicyclic) bond motifs is 3. The third kappa shape index (κ3) is 2.37. The Kier molecular flexibility index (Phi) is 3.82. The van der Waals surface area contributed by atoms with Crippen molar-refractivity contribution in [3.63, 3.8) is 0 Å². The lowest BCUT2D eigenvalue weighted by Gasteiger charge is -2.38. The third-order valence-corrected chi connectivity index (χ3v) is 4.54. The van der Waals surface area contributed by atoms with Crippen LogP contribution in [-0.4, -0.2) is 52.6 Å². The summed E-state index contributed by atoms with van der Waals surface area (Å²) in [5.74, 6) is -0.968. The zero-order valence-corrected chi connectivity index (χ0v) is 12.2. The number of aliphatic hydroxyl groups is 1. The summed E-state index contributed by atoms with van der Waals surface area (Å²) in [5, 5.41) is 9.14. The van der Waals surface area contributed by atoms with Crippen LogP contribution in [0.25, 0.3) is 0 Å². The van der Waals surface area contributed by atoms with Crippen LogP contribution in [0.2, 0.25) is 0 Å². The van der Waals surface area contributed by atoms with E-state index in [1.54, 1.807) is 6.07 Å². The summed E-state index contributed by atoms with van der Waals surface area (Å²) in [4.78, 5) is 13.9. The molecule has 2 heterocycles. The Hall–Kier alpha value is -1.31. The molecular formula is C14H14ClF3N2O2. The van der Waals surface area contributed by atoms with Gasteiger partial charge in [0.1, 0.15) is 0 Å². The first-order valence-electron chi connectivity index (χ1n) is 6.87. The number of hydrogen-bond acceptors (Lipinski definition) is 3. The zero-order chi connectivity index (χ0) is 16.1. The van der Waals surface area contributed by atoms with E-state index in [9.17, 15) is 18.0 Å². The number of halogens is 4. The number of nitrogens with zero attached hydrogens (tertiary/aromatic N) is 2. The van der Waals surface area contributed by atoms with Gasteiger partial charge in [0.05, 0.1) is 23.8 Å². The van der Waals surface area contributed by atoms with E-state index in [0.29, 0.717) is 18.7 Å². The lowest BCUT2D eigenvalue weighted by atomic mass is 9.82. The van der Waals surface area contributed by atoms with Crippen LogP contribution in [0, 0.1) is 0 Å². The maximum atomic E-state index is 13.2. The molecule has 4 nitrogen and oxygen atoms in total. The topological polar surface area (TPSA) is 43.8 Å². The molecule has 1 fully saturated rings. The molecular weight excluding hydrogens is 321 g/mol. The van der Waals surface area contributed by atoms with Crippen LogP contribution >= 0.6 is 11.8 Å². The van der Waals surface area contributed by atoms with Crippen LogP contribution in [0.5, 0.6) is 0 Å². The molecule has 0 radical (unpaired) electrons. The predicted octanol–water partition coefficient (Wildman–Crippen LogP) is 2.08.